The highest BCUT2D eigenvalue weighted by atomic mass is 31.2. The molecule has 0 heterocycles. The first-order valence-electron chi connectivity index (χ1n) is 41.3. The SMILES string of the molecule is CC/C=C\C/C=C\C/C=C\C/C=C\C/C=C\C/C=C\CCC(=O)OC[C@H](COP(=O)(O)OC[C@@H](O)COP(=O)(O)OC[C@@H](COC(=O)CC/C=C\C/C=C\C/C=C\C/C=C\C/C=C\C/C=C\CC)OC(=O)CCCCCCCCC/C=C\CCCCCC)OC(=O)CCC/C=C\C/C=C\C/C=C\C/C=C\CCCCC. The molecule has 620 valence electrons. The summed E-state index contributed by atoms with van der Waals surface area (Å²) < 4.78 is 68.5. The van der Waals surface area contributed by atoms with Crippen molar-refractivity contribution in [3.63, 3.8) is 0 Å². The Bertz CT molecular complexity index is 2900. The Kier molecular flexibility index (Phi) is 76.0. The van der Waals surface area contributed by atoms with Gasteiger partial charge in [0.15, 0.2) is 12.2 Å². The number of carbonyl (C=O) groups is 4. The number of unbranched alkanes of at least 4 members (excludes halogenated alkanes) is 15. The van der Waals surface area contributed by atoms with Crippen molar-refractivity contribution in [3.8, 4) is 0 Å². The largest absolute Gasteiger partial charge is 0.472 e. The number of aliphatic hydroxyl groups excluding tert-OH is 1. The van der Waals surface area contributed by atoms with E-state index in [1.807, 2.05) is 48.6 Å². The van der Waals surface area contributed by atoms with Gasteiger partial charge in [0.25, 0.3) is 0 Å². The second-order valence-electron chi connectivity index (χ2n) is 26.6. The van der Waals surface area contributed by atoms with Crippen LogP contribution in [0.25, 0.3) is 0 Å². The molecule has 0 saturated heterocycles. The van der Waals surface area contributed by atoms with Crippen LogP contribution >= 0.6 is 15.6 Å². The Balaban J connectivity index is 5.58. The molecule has 0 aromatic rings. The fourth-order valence-electron chi connectivity index (χ4n) is 10.0. The molecule has 0 aromatic heterocycles. The Morgan fingerprint density at radius 3 is 0.827 bits per heavy atom. The van der Waals surface area contributed by atoms with Crippen molar-refractivity contribution in [2.75, 3.05) is 39.6 Å². The van der Waals surface area contributed by atoms with Gasteiger partial charge in [0.05, 0.1) is 26.4 Å². The quantitative estimate of drug-likeness (QED) is 0.0169. The van der Waals surface area contributed by atoms with E-state index in [0.717, 1.165) is 141 Å². The zero-order valence-electron chi connectivity index (χ0n) is 67.8. The molecule has 0 aliphatic carbocycles. The summed E-state index contributed by atoms with van der Waals surface area (Å²) in [7, 11) is -10.0. The average Bonchev–Trinajstić information content (AvgIpc) is 0.906. The lowest BCUT2D eigenvalue weighted by Crippen LogP contribution is -2.30. The van der Waals surface area contributed by atoms with Crippen LogP contribution in [0.4, 0.5) is 0 Å². The Hall–Kier alpha value is -6.36. The van der Waals surface area contributed by atoms with Crippen LogP contribution in [0.1, 0.15) is 285 Å². The average molecular weight is 1570 g/mol. The van der Waals surface area contributed by atoms with Crippen LogP contribution in [-0.2, 0) is 65.4 Å². The van der Waals surface area contributed by atoms with E-state index in [-0.39, 0.29) is 25.7 Å². The van der Waals surface area contributed by atoms with Crippen LogP contribution < -0.4 is 0 Å². The standard InChI is InChI=1S/C91H144O17P2/c1-5-9-13-17-21-25-29-33-37-40-42-45-48-51-55-59-63-67-71-75-88(93)101-81-86(107-90(95)77-73-69-65-61-57-53-47-36-32-28-24-20-16-12-8-4)83-105-109(97,98)103-79-85(92)80-104-110(99,100)106-84-87(108-91(96)78-74-70-66-62-58-54-50-44-39-35-31-27-23-19-15-11-7-3)82-102-89(94)76-72-68-64-60-56-52-49-46-43-41-38-34-30-26-22-18-14-10-6-2/h9-10,13-14,21-23,25-28,32-35,37-39,42-43,45-46,50-52,54-56,62-64,66-68,85-87,92H,5-8,11-12,15-20,24,29-31,36,40-41,44,47-49,53,57-61,65,69-84H2,1-4H3,(H,97,98)(H,99,100)/b13-9-,14-10-,25-21-,26-22-,27-23-,32-28-,37-33-,38-34-,39-35-,45-42-,46-43-,54-50-,55-51-,56-52-,66-62-,67-63-,68-64-/t85-,86+,87+/m0/s1. The number of phosphoric ester groups is 2. The molecule has 0 spiro atoms. The van der Waals surface area contributed by atoms with E-state index in [9.17, 15) is 43.2 Å². The number of allylic oxidation sites excluding steroid dienone is 34. The highest BCUT2D eigenvalue weighted by molar-refractivity contribution is 7.47. The molecule has 19 heteroatoms. The lowest BCUT2D eigenvalue weighted by atomic mass is 10.1. The molecule has 0 radical (unpaired) electrons. The van der Waals surface area contributed by atoms with Crippen LogP contribution in [-0.4, -0.2) is 96.7 Å². The number of phosphoric acid groups is 2. The maximum absolute atomic E-state index is 13.1. The van der Waals surface area contributed by atoms with Gasteiger partial charge in [0, 0.05) is 25.7 Å². The number of hydrogen-bond donors (Lipinski definition) is 3. The molecule has 110 heavy (non-hydrogen) atoms. The van der Waals surface area contributed by atoms with Gasteiger partial charge < -0.3 is 33.8 Å². The molecule has 0 rings (SSSR count). The fourth-order valence-corrected chi connectivity index (χ4v) is 11.6. The first-order valence-corrected chi connectivity index (χ1v) is 44.3. The fraction of sp³-hybridized carbons (Fsp3) is 0.582. The minimum Gasteiger partial charge on any atom is -0.462 e. The van der Waals surface area contributed by atoms with E-state index < -0.39 is 97.5 Å². The molecule has 2 unspecified atom stereocenters. The van der Waals surface area contributed by atoms with Gasteiger partial charge in [-0.25, -0.2) is 9.13 Å². The van der Waals surface area contributed by atoms with E-state index >= 15 is 0 Å². The number of hydrogen-bond acceptors (Lipinski definition) is 15. The van der Waals surface area contributed by atoms with Crippen molar-refractivity contribution in [1.82, 2.24) is 0 Å². The molecule has 0 amide bonds. The molecular formula is C91H144O17P2. The van der Waals surface area contributed by atoms with Crippen LogP contribution in [0.15, 0.2) is 207 Å². The molecular weight excluding hydrogens is 1430 g/mol. The second-order valence-corrected chi connectivity index (χ2v) is 29.5. The number of esters is 4. The van der Waals surface area contributed by atoms with E-state index in [1.54, 1.807) is 0 Å². The van der Waals surface area contributed by atoms with Crippen molar-refractivity contribution in [3.05, 3.63) is 207 Å². The zero-order chi connectivity index (χ0) is 80.3. The predicted molar refractivity (Wildman–Crippen MR) is 454 cm³/mol. The molecule has 0 aliphatic heterocycles. The highest BCUT2D eigenvalue weighted by Crippen LogP contribution is 2.45. The lowest BCUT2D eigenvalue weighted by molar-refractivity contribution is -0.161. The molecule has 0 aromatic carbocycles. The smallest absolute Gasteiger partial charge is 0.462 e. The normalized spacial score (nSPS) is 14.9. The summed E-state index contributed by atoms with van der Waals surface area (Å²) in [5.41, 5.74) is 0. The molecule has 17 nitrogen and oxygen atoms in total. The van der Waals surface area contributed by atoms with Crippen molar-refractivity contribution in [2.45, 2.75) is 303 Å². The number of rotatable bonds is 75. The maximum Gasteiger partial charge on any atom is 0.472 e. The van der Waals surface area contributed by atoms with Crippen LogP contribution in [0.2, 0.25) is 0 Å². The molecule has 0 saturated carbocycles. The van der Waals surface area contributed by atoms with Crippen molar-refractivity contribution >= 4 is 39.5 Å². The van der Waals surface area contributed by atoms with E-state index in [1.165, 1.54) is 44.9 Å². The number of carbonyl (C=O) groups excluding carboxylic acids is 4. The Morgan fingerprint density at radius 2 is 0.500 bits per heavy atom. The number of ether oxygens (including phenoxy) is 4. The third-order valence-electron chi connectivity index (χ3n) is 16.2. The van der Waals surface area contributed by atoms with Crippen molar-refractivity contribution in [2.24, 2.45) is 0 Å². The molecule has 0 fully saturated rings. The predicted octanol–water partition coefficient (Wildman–Crippen LogP) is 24.7. The molecule has 0 aliphatic rings. The highest BCUT2D eigenvalue weighted by Gasteiger charge is 2.30. The van der Waals surface area contributed by atoms with E-state index in [2.05, 4.69) is 186 Å². The molecule has 3 N–H and O–H groups in total. The second kappa shape index (κ2) is 80.7. The van der Waals surface area contributed by atoms with Crippen molar-refractivity contribution < 1.29 is 80.2 Å². The summed E-state index contributed by atoms with van der Waals surface area (Å²) in [4.78, 5) is 73.1. The summed E-state index contributed by atoms with van der Waals surface area (Å²) in [6.45, 7) is 4.34. The van der Waals surface area contributed by atoms with Crippen LogP contribution in [0.5, 0.6) is 0 Å². The van der Waals surface area contributed by atoms with Gasteiger partial charge in [-0.15, -0.1) is 0 Å². The summed E-state index contributed by atoms with van der Waals surface area (Å²) >= 11 is 0. The summed E-state index contributed by atoms with van der Waals surface area (Å²) in [6.07, 6.45) is 101. The first-order chi connectivity index (χ1) is 53.7. The van der Waals surface area contributed by atoms with Crippen LogP contribution in [0.3, 0.4) is 0 Å². The lowest BCUT2D eigenvalue weighted by Gasteiger charge is -2.21. The van der Waals surface area contributed by atoms with Gasteiger partial charge in [0.2, 0.25) is 0 Å². The first kappa shape index (κ1) is 104. The molecule has 0 bridgehead atoms. The zero-order valence-corrected chi connectivity index (χ0v) is 69.6. The summed E-state index contributed by atoms with van der Waals surface area (Å²) in [5, 5.41) is 10.7. The minimum atomic E-state index is -5.03. The monoisotopic (exact) mass is 1570 g/mol. The Labute approximate surface area is 665 Å². The maximum atomic E-state index is 13.1. The van der Waals surface area contributed by atoms with Gasteiger partial charge in [-0.05, 0) is 167 Å². The topological polar surface area (TPSA) is 237 Å². The number of aliphatic hydroxyl groups is 1. The minimum absolute atomic E-state index is 0.00697. The van der Waals surface area contributed by atoms with Gasteiger partial charge in [-0.1, -0.05) is 298 Å². The van der Waals surface area contributed by atoms with Gasteiger partial charge in [-0.3, -0.25) is 37.3 Å². The van der Waals surface area contributed by atoms with E-state index in [4.69, 9.17) is 37.0 Å². The Morgan fingerprint density at radius 1 is 0.264 bits per heavy atom. The molecule has 5 atom stereocenters. The van der Waals surface area contributed by atoms with E-state index in [0.29, 0.717) is 44.9 Å². The summed E-state index contributed by atoms with van der Waals surface area (Å²) in [5.74, 6) is -2.46. The van der Waals surface area contributed by atoms with Gasteiger partial charge in [-0.2, -0.15) is 0 Å². The van der Waals surface area contributed by atoms with Crippen LogP contribution in [0, 0.1) is 0 Å². The third-order valence-corrected chi connectivity index (χ3v) is 18.1. The van der Waals surface area contributed by atoms with Gasteiger partial charge in [0.1, 0.15) is 19.3 Å². The third kappa shape index (κ3) is 79.7. The van der Waals surface area contributed by atoms with Crippen molar-refractivity contribution in [1.29, 1.82) is 0 Å². The van der Waals surface area contributed by atoms with Gasteiger partial charge >= 0.3 is 39.5 Å². The summed E-state index contributed by atoms with van der Waals surface area (Å²) in [6, 6.07) is 0.